The van der Waals surface area contributed by atoms with Crippen molar-refractivity contribution in [2.24, 2.45) is 7.05 Å². The quantitative estimate of drug-likeness (QED) is 0.803. The number of aryl methyl sites for hydroxylation is 1. The van der Waals surface area contributed by atoms with Gasteiger partial charge in [-0.25, -0.2) is 4.68 Å². The molecule has 1 amide bonds. The number of carbonyl (C=O) groups is 1. The number of fused-ring (bicyclic) bond motifs is 1. The Balaban J connectivity index is 1.87. The molecule has 6 nitrogen and oxygen atoms in total. The molecule has 0 spiro atoms. The second-order valence-corrected chi connectivity index (χ2v) is 4.80. The van der Waals surface area contributed by atoms with Crippen LogP contribution in [0.15, 0.2) is 42.5 Å². The van der Waals surface area contributed by atoms with Crippen LogP contribution in [0.25, 0.3) is 11.0 Å². The third-order valence-electron chi connectivity index (χ3n) is 3.31. The van der Waals surface area contributed by atoms with Gasteiger partial charge in [0.15, 0.2) is 0 Å². The molecule has 3 rings (SSSR count). The molecule has 1 N–H and O–H groups in total. The van der Waals surface area contributed by atoms with Gasteiger partial charge < -0.3 is 10.1 Å². The fraction of sp³-hybridized carbons (Fsp3) is 0.188. The third kappa shape index (κ3) is 2.63. The van der Waals surface area contributed by atoms with Crippen LogP contribution < -0.4 is 10.1 Å². The van der Waals surface area contributed by atoms with E-state index in [0.717, 1.165) is 5.52 Å². The molecule has 6 heteroatoms. The summed E-state index contributed by atoms with van der Waals surface area (Å²) in [6, 6.07) is 12.7. The van der Waals surface area contributed by atoms with Gasteiger partial charge in [-0.3, -0.25) is 4.79 Å². The molecule has 1 aromatic heterocycles. The summed E-state index contributed by atoms with van der Waals surface area (Å²) < 4.78 is 7.17. The summed E-state index contributed by atoms with van der Waals surface area (Å²) in [4.78, 5) is 12.4. The van der Waals surface area contributed by atoms with E-state index in [4.69, 9.17) is 4.74 Å². The number of hydrogen-bond donors (Lipinski definition) is 1. The molecule has 0 radical (unpaired) electrons. The molecule has 0 saturated carbocycles. The van der Waals surface area contributed by atoms with Crippen LogP contribution in [0.3, 0.4) is 0 Å². The van der Waals surface area contributed by atoms with E-state index in [-0.39, 0.29) is 5.91 Å². The molecule has 3 aromatic rings. The minimum atomic E-state index is -0.209. The van der Waals surface area contributed by atoms with Gasteiger partial charge in [-0.2, -0.15) is 0 Å². The smallest absolute Gasteiger partial charge is 0.255 e. The molecule has 0 aliphatic heterocycles. The first-order valence-corrected chi connectivity index (χ1v) is 7.01. The summed E-state index contributed by atoms with van der Waals surface area (Å²) in [5.74, 6) is 0.443. The monoisotopic (exact) mass is 296 g/mol. The zero-order valence-corrected chi connectivity index (χ0v) is 12.4. The maximum absolute atomic E-state index is 12.4. The van der Waals surface area contributed by atoms with Crippen LogP contribution in [-0.2, 0) is 7.05 Å². The van der Waals surface area contributed by atoms with Gasteiger partial charge in [0.2, 0.25) is 0 Å². The number of nitrogens with one attached hydrogen (secondary N) is 1. The highest BCUT2D eigenvalue weighted by molar-refractivity contribution is 6.06. The Morgan fingerprint density at radius 3 is 2.91 bits per heavy atom. The number of amides is 1. The van der Waals surface area contributed by atoms with Gasteiger partial charge in [-0.1, -0.05) is 17.3 Å². The van der Waals surface area contributed by atoms with Crippen LogP contribution in [0.5, 0.6) is 5.75 Å². The lowest BCUT2D eigenvalue weighted by Crippen LogP contribution is -2.13. The van der Waals surface area contributed by atoms with Crippen LogP contribution >= 0.6 is 0 Å². The summed E-state index contributed by atoms with van der Waals surface area (Å²) in [6.45, 7) is 2.44. The van der Waals surface area contributed by atoms with Gasteiger partial charge in [0.05, 0.1) is 17.8 Å². The van der Waals surface area contributed by atoms with Gasteiger partial charge in [-0.05, 0) is 37.3 Å². The molecule has 1 heterocycles. The molecule has 0 aliphatic rings. The number of carbonyl (C=O) groups excluding carboxylic acids is 1. The second-order valence-electron chi connectivity index (χ2n) is 4.80. The van der Waals surface area contributed by atoms with Crippen molar-refractivity contribution in [3.8, 4) is 5.75 Å². The average Bonchev–Trinajstić information content (AvgIpc) is 2.90. The zero-order valence-electron chi connectivity index (χ0n) is 12.4. The molecule has 22 heavy (non-hydrogen) atoms. The van der Waals surface area contributed by atoms with Gasteiger partial charge in [-0.15, -0.1) is 5.10 Å². The van der Waals surface area contributed by atoms with Crippen LogP contribution in [-0.4, -0.2) is 27.5 Å². The third-order valence-corrected chi connectivity index (χ3v) is 3.31. The molecular formula is C16H16N4O2. The number of nitrogens with zero attached hydrogens (tertiary/aromatic N) is 3. The average molecular weight is 296 g/mol. The van der Waals surface area contributed by atoms with Crippen molar-refractivity contribution in [3.63, 3.8) is 0 Å². The van der Waals surface area contributed by atoms with Crippen LogP contribution in [0.2, 0.25) is 0 Å². The fourth-order valence-corrected chi connectivity index (χ4v) is 2.23. The SMILES string of the molecule is CCOc1ccccc1NC(=O)c1ccc2c(c1)nnn2C. The minimum absolute atomic E-state index is 0.209. The number of aromatic nitrogens is 3. The van der Waals surface area contributed by atoms with E-state index in [1.807, 2.05) is 44.3 Å². The van der Waals surface area contributed by atoms with Crippen molar-refractivity contribution in [1.82, 2.24) is 15.0 Å². The number of hydrogen-bond acceptors (Lipinski definition) is 4. The lowest BCUT2D eigenvalue weighted by Gasteiger charge is -2.11. The summed E-state index contributed by atoms with van der Waals surface area (Å²) in [5, 5.41) is 10.8. The van der Waals surface area contributed by atoms with E-state index in [0.29, 0.717) is 29.1 Å². The Morgan fingerprint density at radius 1 is 1.27 bits per heavy atom. The Labute approximate surface area is 127 Å². The van der Waals surface area contributed by atoms with Crippen molar-refractivity contribution in [2.75, 3.05) is 11.9 Å². The number of rotatable bonds is 4. The van der Waals surface area contributed by atoms with Gasteiger partial charge in [0.25, 0.3) is 5.91 Å². The summed E-state index contributed by atoms with van der Waals surface area (Å²) in [7, 11) is 1.81. The first-order chi connectivity index (χ1) is 10.7. The summed E-state index contributed by atoms with van der Waals surface area (Å²) in [6.07, 6.45) is 0. The van der Waals surface area contributed by atoms with E-state index in [1.165, 1.54) is 0 Å². The predicted octanol–water partition coefficient (Wildman–Crippen LogP) is 2.62. The lowest BCUT2D eigenvalue weighted by molar-refractivity contribution is 0.102. The van der Waals surface area contributed by atoms with Crippen molar-refractivity contribution in [3.05, 3.63) is 48.0 Å². The van der Waals surface area contributed by atoms with Crippen LogP contribution in [0, 0.1) is 0 Å². The van der Waals surface area contributed by atoms with Crippen molar-refractivity contribution >= 4 is 22.6 Å². The number of ether oxygens (including phenoxy) is 1. The van der Waals surface area contributed by atoms with E-state index >= 15 is 0 Å². The first kappa shape index (κ1) is 14.1. The molecule has 0 unspecified atom stereocenters. The molecular weight excluding hydrogens is 280 g/mol. The first-order valence-electron chi connectivity index (χ1n) is 7.01. The largest absolute Gasteiger partial charge is 0.492 e. The predicted molar refractivity (Wildman–Crippen MR) is 84.1 cm³/mol. The Bertz CT molecular complexity index is 826. The highest BCUT2D eigenvalue weighted by Gasteiger charge is 2.11. The zero-order chi connectivity index (χ0) is 15.5. The lowest BCUT2D eigenvalue weighted by atomic mass is 10.1. The Kier molecular flexibility index (Phi) is 3.74. The van der Waals surface area contributed by atoms with Crippen LogP contribution in [0.1, 0.15) is 17.3 Å². The molecule has 0 bridgehead atoms. The van der Waals surface area contributed by atoms with Gasteiger partial charge in [0, 0.05) is 12.6 Å². The van der Waals surface area contributed by atoms with Gasteiger partial charge >= 0.3 is 0 Å². The number of para-hydroxylation sites is 2. The van der Waals surface area contributed by atoms with Gasteiger partial charge in [0.1, 0.15) is 11.3 Å². The molecule has 2 aromatic carbocycles. The van der Waals surface area contributed by atoms with E-state index < -0.39 is 0 Å². The fourth-order valence-electron chi connectivity index (χ4n) is 2.23. The van der Waals surface area contributed by atoms with Crippen LogP contribution in [0.4, 0.5) is 5.69 Å². The highest BCUT2D eigenvalue weighted by atomic mass is 16.5. The molecule has 112 valence electrons. The maximum atomic E-state index is 12.4. The van der Waals surface area contributed by atoms with Crippen molar-refractivity contribution < 1.29 is 9.53 Å². The molecule has 0 saturated heterocycles. The second kappa shape index (κ2) is 5.85. The minimum Gasteiger partial charge on any atom is -0.492 e. The normalized spacial score (nSPS) is 10.6. The number of benzene rings is 2. The van der Waals surface area contributed by atoms with Crippen molar-refractivity contribution in [2.45, 2.75) is 6.92 Å². The van der Waals surface area contributed by atoms with E-state index in [2.05, 4.69) is 15.6 Å². The Morgan fingerprint density at radius 2 is 2.09 bits per heavy atom. The topological polar surface area (TPSA) is 69.0 Å². The van der Waals surface area contributed by atoms with E-state index in [1.54, 1.807) is 16.8 Å². The standard InChI is InChI=1S/C16H16N4O2/c1-3-22-15-7-5-4-6-12(15)17-16(21)11-8-9-14-13(10-11)18-19-20(14)2/h4-10H,3H2,1-2H3,(H,17,21). The molecule has 0 aliphatic carbocycles. The molecule has 0 fully saturated rings. The van der Waals surface area contributed by atoms with E-state index in [9.17, 15) is 4.79 Å². The van der Waals surface area contributed by atoms with Crippen molar-refractivity contribution in [1.29, 1.82) is 0 Å². The Hall–Kier alpha value is -2.89. The highest BCUT2D eigenvalue weighted by Crippen LogP contribution is 2.24. The summed E-state index contributed by atoms with van der Waals surface area (Å²) >= 11 is 0. The number of anilines is 1. The maximum Gasteiger partial charge on any atom is 0.255 e. The summed E-state index contributed by atoms with van der Waals surface area (Å²) in [5.41, 5.74) is 2.74. The molecule has 0 atom stereocenters.